The predicted molar refractivity (Wildman–Crippen MR) is 118 cm³/mol. The molecular formula is C24H40N2O. The van der Waals surface area contributed by atoms with Gasteiger partial charge in [-0.2, -0.15) is 0 Å². The van der Waals surface area contributed by atoms with Crippen molar-refractivity contribution in [3.63, 3.8) is 0 Å². The van der Waals surface area contributed by atoms with E-state index < -0.39 is 0 Å². The molecule has 0 saturated carbocycles. The molecule has 0 aliphatic carbocycles. The van der Waals surface area contributed by atoms with E-state index in [9.17, 15) is 0 Å². The Morgan fingerprint density at radius 3 is 2.44 bits per heavy atom. The van der Waals surface area contributed by atoms with Gasteiger partial charge in [-0.3, -0.25) is 4.99 Å². The van der Waals surface area contributed by atoms with Crippen LogP contribution in [0.5, 0.6) is 0 Å². The summed E-state index contributed by atoms with van der Waals surface area (Å²) in [6.07, 6.45) is 8.63. The first kappa shape index (κ1) is 21.9. The third kappa shape index (κ3) is 6.95. The fourth-order valence-electron chi connectivity index (χ4n) is 3.95. The summed E-state index contributed by atoms with van der Waals surface area (Å²) < 4.78 is 6.07. The lowest BCUT2D eigenvalue weighted by molar-refractivity contribution is -0.0755. The van der Waals surface area contributed by atoms with Crippen molar-refractivity contribution >= 4 is 11.9 Å². The summed E-state index contributed by atoms with van der Waals surface area (Å²) in [6, 6.07) is 8.60. The minimum Gasteiger partial charge on any atom is -0.378 e. The Morgan fingerprint density at radius 1 is 1.15 bits per heavy atom. The van der Waals surface area contributed by atoms with E-state index >= 15 is 0 Å². The molecular weight excluding hydrogens is 332 g/mol. The molecule has 1 aliphatic heterocycles. The largest absolute Gasteiger partial charge is 0.378 e. The maximum absolute atomic E-state index is 6.07. The van der Waals surface area contributed by atoms with Crippen LogP contribution < -0.4 is 4.90 Å². The molecule has 2 rings (SSSR count). The average molecular weight is 373 g/mol. The van der Waals surface area contributed by atoms with E-state index in [1.54, 1.807) is 0 Å². The molecule has 0 amide bonds. The molecule has 152 valence electrons. The molecule has 1 fully saturated rings. The molecule has 2 atom stereocenters. The Hall–Kier alpha value is -1.35. The van der Waals surface area contributed by atoms with Crippen LogP contribution in [0.2, 0.25) is 0 Å². The van der Waals surface area contributed by atoms with E-state index in [1.165, 1.54) is 43.4 Å². The fourth-order valence-corrected chi connectivity index (χ4v) is 3.95. The van der Waals surface area contributed by atoms with Gasteiger partial charge in [0.05, 0.1) is 6.10 Å². The van der Waals surface area contributed by atoms with Crippen molar-refractivity contribution < 1.29 is 4.74 Å². The van der Waals surface area contributed by atoms with E-state index in [1.807, 2.05) is 6.21 Å². The molecule has 3 heteroatoms. The number of rotatable bonds is 9. The van der Waals surface area contributed by atoms with Crippen LogP contribution in [0.25, 0.3) is 0 Å². The molecule has 1 aromatic rings. The van der Waals surface area contributed by atoms with Crippen LogP contribution in [0.1, 0.15) is 65.4 Å². The van der Waals surface area contributed by atoms with Crippen LogP contribution in [-0.2, 0) is 4.74 Å². The van der Waals surface area contributed by atoms with Crippen LogP contribution in [0.3, 0.4) is 0 Å². The summed E-state index contributed by atoms with van der Waals surface area (Å²) in [6.45, 7) is 11.1. The highest BCUT2D eigenvalue weighted by Crippen LogP contribution is 2.43. The van der Waals surface area contributed by atoms with Gasteiger partial charge in [0.1, 0.15) is 0 Å². The molecule has 0 unspecified atom stereocenters. The summed E-state index contributed by atoms with van der Waals surface area (Å²) in [5.74, 6) is 1.36. The van der Waals surface area contributed by atoms with Gasteiger partial charge in [0.15, 0.2) is 0 Å². The van der Waals surface area contributed by atoms with Crippen LogP contribution in [-0.4, -0.2) is 39.6 Å². The molecule has 0 spiro atoms. The zero-order valence-corrected chi connectivity index (χ0v) is 18.4. The van der Waals surface area contributed by atoms with Crippen LogP contribution >= 0.6 is 0 Å². The second-order valence-corrected chi connectivity index (χ2v) is 9.31. The van der Waals surface area contributed by atoms with Gasteiger partial charge in [-0.05, 0) is 60.6 Å². The molecule has 0 radical (unpaired) electrons. The maximum Gasteiger partial charge on any atom is 0.0603 e. The summed E-state index contributed by atoms with van der Waals surface area (Å²) in [7, 11) is 4.13. The maximum atomic E-state index is 6.07. The normalized spacial score (nSPS) is 23.5. The third-order valence-corrected chi connectivity index (χ3v) is 6.02. The van der Waals surface area contributed by atoms with E-state index in [0.29, 0.717) is 17.4 Å². The van der Waals surface area contributed by atoms with Crippen molar-refractivity contribution in [1.29, 1.82) is 0 Å². The van der Waals surface area contributed by atoms with E-state index in [-0.39, 0.29) is 0 Å². The zero-order valence-electron chi connectivity index (χ0n) is 18.4. The van der Waals surface area contributed by atoms with Gasteiger partial charge in [0.2, 0.25) is 0 Å². The number of aliphatic imine (C=N–C) groups is 1. The van der Waals surface area contributed by atoms with Crippen molar-refractivity contribution in [2.45, 2.75) is 65.9 Å². The number of benzene rings is 1. The molecule has 3 nitrogen and oxygen atoms in total. The highest BCUT2D eigenvalue weighted by molar-refractivity contribution is 5.80. The first-order valence-corrected chi connectivity index (χ1v) is 10.7. The van der Waals surface area contributed by atoms with E-state index in [2.05, 4.69) is 71.0 Å². The van der Waals surface area contributed by atoms with Gasteiger partial charge < -0.3 is 9.64 Å². The van der Waals surface area contributed by atoms with Crippen molar-refractivity contribution in [3.8, 4) is 0 Å². The third-order valence-electron chi connectivity index (χ3n) is 6.02. The molecule has 27 heavy (non-hydrogen) atoms. The summed E-state index contributed by atoms with van der Waals surface area (Å²) in [5, 5.41) is 0. The highest BCUT2D eigenvalue weighted by Gasteiger charge is 2.37. The smallest absolute Gasteiger partial charge is 0.0603 e. The number of anilines is 1. The topological polar surface area (TPSA) is 24.8 Å². The monoisotopic (exact) mass is 372 g/mol. The van der Waals surface area contributed by atoms with Crippen molar-refractivity contribution in [3.05, 3.63) is 29.8 Å². The Balaban J connectivity index is 1.96. The zero-order chi connectivity index (χ0) is 19.9. The van der Waals surface area contributed by atoms with Gasteiger partial charge in [-0.1, -0.05) is 46.2 Å². The van der Waals surface area contributed by atoms with Crippen molar-refractivity contribution in [1.82, 2.24) is 0 Å². The second-order valence-electron chi connectivity index (χ2n) is 9.31. The number of hydrogen-bond acceptors (Lipinski definition) is 3. The molecule has 0 N–H and O–H groups in total. The van der Waals surface area contributed by atoms with Crippen LogP contribution in [0, 0.1) is 17.3 Å². The van der Waals surface area contributed by atoms with Crippen LogP contribution in [0.4, 0.5) is 5.69 Å². The number of ether oxygens (including phenoxy) is 1. The lowest BCUT2D eigenvalue weighted by Gasteiger charge is -2.43. The molecule has 1 aromatic carbocycles. The van der Waals surface area contributed by atoms with Crippen molar-refractivity contribution in [2.24, 2.45) is 22.2 Å². The minimum absolute atomic E-state index is 0.406. The quantitative estimate of drug-likeness (QED) is 0.510. The van der Waals surface area contributed by atoms with E-state index in [0.717, 1.165) is 19.1 Å². The Labute approximate surface area is 167 Å². The van der Waals surface area contributed by atoms with Gasteiger partial charge in [-0.25, -0.2) is 0 Å². The Morgan fingerprint density at radius 2 is 1.85 bits per heavy atom. The van der Waals surface area contributed by atoms with Gasteiger partial charge >= 0.3 is 0 Å². The fraction of sp³-hybridized carbons (Fsp3) is 0.708. The Bertz CT molecular complexity index is 577. The lowest BCUT2D eigenvalue weighted by atomic mass is 9.69. The second kappa shape index (κ2) is 10.3. The lowest BCUT2D eigenvalue weighted by Crippen LogP contribution is -2.38. The minimum atomic E-state index is 0.406. The first-order chi connectivity index (χ1) is 12.8. The molecule has 0 bridgehead atoms. The summed E-state index contributed by atoms with van der Waals surface area (Å²) >= 11 is 0. The summed E-state index contributed by atoms with van der Waals surface area (Å²) in [4.78, 5) is 6.89. The highest BCUT2D eigenvalue weighted by atomic mass is 16.5. The van der Waals surface area contributed by atoms with Crippen molar-refractivity contribution in [2.75, 3.05) is 32.1 Å². The van der Waals surface area contributed by atoms with Gasteiger partial charge in [0.25, 0.3) is 0 Å². The molecule has 1 aliphatic rings. The standard InChI is InChI=1S/C24H40N2O/c1-19(2)11-12-24(14-16-27-23(17-24)20(3)4)13-15-25-18-21-7-9-22(10-8-21)26(5)6/h7-10,18-20,23H,11-17H2,1-6H3/t23-,24-/m1/s1. The first-order valence-electron chi connectivity index (χ1n) is 10.7. The SMILES string of the molecule is CC(C)CC[C@@]1(CCN=Cc2ccc(N(C)C)cc2)CCO[C@@H](C(C)C)C1. The average Bonchev–Trinajstić information content (AvgIpc) is 2.64. The molecule has 1 heterocycles. The Kier molecular flexibility index (Phi) is 8.34. The molecule has 0 aromatic heterocycles. The number of hydrogen-bond donors (Lipinski definition) is 0. The number of nitrogens with zero attached hydrogens (tertiary/aromatic N) is 2. The van der Waals surface area contributed by atoms with Crippen LogP contribution in [0.15, 0.2) is 29.3 Å². The summed E-state index contributed by atoms with van der Waals surface area (Å²) in [5.41, 5.74) is 2.81. The van der Waals surface area contributed by atoms with E-state index in [4.69, 9.17) is 9.73 Å². The van der Waals surface area contributed by atoms with Gasteiger partial charge in [0, 0.05) is 39.1 Å². The predicted octanol–water partition coefficient (Wildman–Crippen LogP) is 5.82. The van der Waals surface area contributed by atoms with Gasteiger partial charge in [-0.15, -0.1) is 0 Å². The molecule has 1 saturated heterocycles.